The van der Waals surface area contributed by atoms with E-state index in [1.54, 1.807) is 19.4 Å². The van der Waals surface area contributed by atoms with Crippen LogP contribution < -0.4 is 4.74 Å². The van der Waals surface area contributed by atoms with Gasteiger partial charge in [-0.05, 0) is 48.0 Å². The van der Waals surface area contributed by atoms with Gasteiger partial charge >= 0.3 is 0 Å². The van der Waals surface area contributed by atoms with Crippen LogP contribution in [0.5, 0.6) is 5.75 Å². The normalized spacial score (nSPS) is 11.1. The molecule has 0 amide bonds. The third-order valence-electron chi connectivity index (χ3n) is 5.22. The number of methoxy groups -OCH3 is 1. The van der Waals surface area contributed by atoms with Crippen molar-refractivity contribution in [2.45, 2.75) is 6.54 Å². The quantitative estimate of drug-likeness (QED) is 0.318. The van der Waals surface area contributed by atoms with E-state index in [2.05, 4.69) is 9.97 Å². The molecule has 158 valence electrons. The molecule has 5 aromatic rings. The third kappa shape index (κ3) is 3.76. The molecule has 0 unspecified atom stereocenters. The Kier molecular flexibility index (Phi) is 5.21. The van der Waals surface area contributed by atoms with Crippen molar-refractivity contribution in [1.82, 2.24) is 14.5 Å². The van der Waals surface area contributed by atoms with Gasteiger partial charge in [-0.25, -0.2) is 4.98 Å². The van der Waals surface area contributed by atoms with Gasteiger partial charge < -0.3 is 13.7 Å². The number of pyridine rings is 1. The largest absolute Gasteiger partial charge is 0.497 e. The molecule has 0 fully saturated rings. The zero-order valence-electron chi connectivity index (χ0n) is 17.2. The molecule has 0 spiro atoms. The molecule has 0 radical (unpaired) electrons. The molecular weight excluding hydrogens is 426 g/mol. The van der Waals surface area contributed by atoms with Crippen LogP contribution in [0.25, 0.3) is 22.4 Å². The molecule has 32 heavy (non-hydrogen) atoms. The van der Waals surface area contributed by atoms with Crippen LogP contribution in [0.2, 0.25) is 5.02 Å². The van der Waals surface area contributed by atoms with Crippen molar-refractivity contribution in [3.63, 3.8) is 0 Å². The number of benzene rings is 2. The van der Waals surface area contributed by atoms with Gasteiger partial charge in [-0.2, -0.15) is 0 Å². The van der Waals surface area contributed by atoms with Crippen LogP contribution in [0.3, 0.4) is 0 Å². The standard InChI is InChI=1S/C25H18ClN3O3/c1-31-18-9-10-22-19(12-18)20(15-29(22)14-16-5-7-17(26)8-6-16)24(30)25-28-13-23(32-25)21-4-2-3-11-27-21/h2-13,15H,14H2,1H3. The maximum absolute atomic E-state index is 13.4. The van der Waals surface area contributed by atoms with E-state index in [-0.39, 0.29) is 11.7 Å². The number of ketones is 1. The summed E-state index contributed by atoms with van der Waals surface area (Å²) in [4.78, 5) is 21.8. The lowest BCUT2D eigenvalue weighted by molar-refractivity contribution is 0.100. The predicted octanol–water partition coefficient (Wildman–Crippen LogP) is 5.63. The first kappa shape index (κ1) is 20.0. The van der Waals surface area contributed by atoms with Gasteiger partial charge in [-0.15, -0.1) is 0 Å². The summed E-state index contributed by atoms with van der Waals surface area (Å²) in [5, 5.41) is 1.44. The highest BCUT2D eigenvalue weighted by Crippen LogP contribution is 2.29. The van der Waals surface area contributed by atoms with Crippen molar-refractivity contribution in [1.29, 1.82) is 0 Å². The van der Waals surface area contributed by atoms with Crippen molar-refractivity contribution in [3.8, 4) is 17.2 Å². The summed E-state index contributed by atoms with van der Waals surface area (Å²) in [6.07, 6.45) is 5.00. The molecule has 0 aliphatic rings. The fourth-order valence-electron chi connectivity index (χ4n) is 3.62. The summed E-state index contributed by atoms with van der Waals surface area (Å²) in [6.45, 7) is 0.581. The van der Waals surface area contributed by atoms with Gasteiger partial charge in [-0.3, -0.25) is 9.78 Å². The van der Waals surface area contributed by atoms with Gasteiger partial charge in [0.25, 0.3) is 5.89 Å². The number of hydrogen-bond donors (Lipinski definition) is 0. The summed E-state index contributed by atoms with van der Waals surface area (Å²) in [6, 6.07) is 18.8. The zero-order valence-corrected chi connectivity index (χ0v) is 17.9. The van der Waals surface area contributed by atoms with E-state index in [0.29, 0.717) is 34.3 Å². The summed E-state index contributed by atoms with van der Waals surface area (Å²) < 4.78 is 13.2. The number of rotatable bonds is 6. The van der Waals surface area contributed by atoms with Crippen LogP contribution in [0.15, 0.2) is 83.7 Å². The molecule has 3 aromatic heterocycles. The van der Waals surface area contributed by atoms with E-state index in [1.165, 1.54) is 6.20 Å². The average molecular weight is 444 g/mol. The number of halogens is 1. The van der Waals surface area contributed by atoms with Crippen molar-refractivity contribution in [2.24, 2.45) is 0 Å². The number of nitrogens with zero attached hydrogens (tertiary/aromatic N) is 3. The van der Waals surface area contributed by atoms with Crippen LogP contribution in [0, 0.1) is 0 Å². The highest BCUT2D eigenvalue weighted by molar-refractivity contribution is 6.30. The number of ether oxygens (including phenoxy) is 1. The monoisotopic (exact) mass is 443 g/mol. The van der Waals surface area contributed by atoms with Crippen molar-refractivity contribution < 1.29 is 13.9 Å². The number of hydrogen-bond acceptors (Lipinski definition) is 5. The number of oxazole rings is 1. The second-order valence-corrected chi connectivity index (χ2v) is 7.69. The summed E-state index contributed by atoms with van der Waals surface area (Å²) in [5.74, 6) is 0.813. The summed E-state index contributed by atoms with van der Waals surface area (Å²) in [5.41, 5.74) is 3.07. The maximum atomic E-state index is 13.4. The molecule has 0 saturated heterocycles. The van der Waals surface area contributed by atoms with E-state index < -0.39 is 0 Å². The first-order chi connectivity index (χ1) is 15.6. The smallest absolute Gasteiger partial charge is 0.268 e. The fraction of sp³-hybridized carbons (Fsp3) is 0.0800. The lowest BCUT2D eigenvalue weighted by Gasteiger charge is -2.06. The Morgan fingerprint density at radius 2 is 1.94 bits per heavy atom. The van der Waals surface area contributed by atoms with E-state index in [9.17, 15) is 4.79 Å². The minimum absolute atomic E-state index is 0.0130. The molecule has 0 bridgehead atoms. The molecule has 7 heteroatoms. The Morgan fingerprint density at radius 1 is 1.09 bits per heavy atom. The molecule has 3 heterocycles. The highest BCUT2D eigenvalue weighted by atomic mass is 35.5. The van der Waals surface area contributed by atoms with Crippen LogP contribution in [0.1, 0.15) is 21.8 Å². The molecule has 0 saturated carbocycles. The molecule has 0 aliphatic heterocycles. The van der Waals surface area contributed by atoms with E-state index >= 15 is 0 Å². The van der Waals surface area contributed by atoms with Gasteiger partial charge in [0.15, 0.2) is 5.76 Å². The first-order valence-corrected chi connectivity index (χ1v) is 10.3. The Labute approximate surface area is 189 Å². The molecule has 5 rings (SSSR count). The SMILES string of the molecule is COc1ccc2c(c1)c(C(=O)c1ncc(-c3ccccn3)o1)cn2Cc1ccc(Cl)cc1. The van der Waals surface area contributed by atoms with Gasteiger partial charge in [0.05, 0.1) is 18.9 Å². The predicted molar refractivity (Wildman–Crippen MR) is 122 cm³/mol. The van der Waals surface area contributed by atoms with Gasteiger partial charge in [0, 0.05) is 34.9 Å². The molecule has 6 nitrogen and oxygen atoms in total. The van der Waals surface area contributed by atoms with Gasteiger partial charge in [0.1, 0.15) is 11.4 Å². The van der Waals surface area contributed by atoms with Crippen LogP contribution >= 0.6 is 11.6 Å². The average Bonchev–Trinajstić information content (AvgIpc) is 3.46. The second-order valence-electron chi connectivity index (χ2n) is 7.25. The van der Waals surface area contributed by atoms with E-state index in [1.807, 2.05) is 65.4 Å². The lowest BCUT2D eigenvalue weighted by atomic mass is 10.1. The Hall–Kier alpha value is -3.90. The second kappa shape index (κ2) is 8.32. The molecule has 0 N–H and O–H groups in total. The minimum Gasteiger partial charge on any atom is -0.497 e. The summed E-state index contributed by atoms with van der Waals surface area (Å²) >= 11 is 6.02. The van der Waals surface area contributed by atoms with Crippen LogP contribution in [-0.4, -0.2) is 27.4 Å². The van der Waals surface area contributed by atoms with E-state index in [0.717, 1.165) is 16.5 Å². The van der Waals surface area contributed by atoms with Gasteiger partial charge in [0.2, 0.25) is 5.78 Å². The number of aromatic nitrogens is 3. The molecule has 0 atom stereocenters. The topological polar surface area (TPSA) is 70.2 Å². The number of fused-ring (bicyclic) bond motifs is 1. The fourth-order valence-corrected chi connectivity index (χ4v) is 3.75. The number of carbonyl (C=O) groups excluding carboxylic acids is 1. The van der Waals surface area contributed by atoms with Crippen molar-refractivity contribution >= 4 is 28.3 Å². The molecule has 0 aliphatic carbocycles. The van der Waals surface area contributed by atoms with Crippen molar-refractivity contribution in [2.75, 3.05) is 7.11 Å². The summed E-state index contributed by atoms with van der Waals surface area (Å²) in [7, 11) is 1.60. The minimum atomic E-state index is -0.305. The van der Waals surface area contributed by atoms with Gasteiger partial charge in [-0.1, -0.05) is 29.8 Å². The Bertz CT molecular complexity index is 1410. The van der Waals surface area contributed by atoms with Crippen LogP contribution in [-0.2, 0) is 6.54 Å². The Balaban J connectivity index is 1.56. The van der Waals surface area contributed by atoms with Crippen molar-refractivity contribution in [3.05, 3.63) is 101 Å². The highest BCUT2D eigenvalue weighted by Gasteiger charge is 2.22. The molecule has 2 aromatic carbocycles. The number of carbonyl (C=O) groups is 1. The molecular formula is C25H18ClN3O3. The third-order valence-corrected chi connectivity index (χ3v) is 5.47. The van der Waals surface area contributed by atoms with E-state index in [4.69, 9.17) is 20.8 Å². The zero-order chi connectivity index (χ0) is 22.1. The Morgan fingerprint density at radius 3 is 2.69 bits per heavy atom. The lowest BCUT2D eigenvalue weighted by Crippen LogP contribution is -2.01. The maximum Gasteiger partial charge on any atom is 0.268 e. The van der Waals surface area contributed by atoms with Crippen LogP contribution in [0.4, 0.5) is 0 Å². The first-order valence-electron chi connectivity index (χ1n) is 9.95.